The highest BCUT2D eigenvalue weighted by atomic mass is 127. The maximum atomic E-state index is 5.17. The Hall–Kier alpha value is -0.900. The predicted molar refractivity (Wildman–Crippen MR) is 115 cm³/mol. The van der Waals surface area contributed by atoms with E-state index in [1.165, 1.54) is 11.1 Å². The summed E-state index contributed by atoms with van der Waals surface area (Å²) in [5.41, 5.74) is 2.39. The third-order valence-electron chi connectivity index (χ3n) is 3.66. The molecular formula is C18H33IN4O2. The van der Waals surface area contributed by atoms with Crippen LogP contribution in [0.15, 0.2) is 29.3 Å². The fourth-order valence-corrected chi connectivity index (χ4v) is 2.36. The first-order valence-corrected chi connectivity index (χ1v) is 8.38. The molecule has 0 aromatic heterocycles. The average Bonchev–Trinajstić information content (AvgIpc) is 2.59. The molecule has 0 spiro atoms. The van der Waals surface area contributed by atoms with E-state index in [2.05, 4.69) is 51.8 Å². The first-order valence-electron chi connectivity index (χ1n) is 8.38. The Morgan fingerprint density at radius 3 is 2.56 bits per heavy atom. The summed E-state index contributed by atoms with van der Waals surface area (Å²) in [6.45, 7) is 5.04. The summed E-state index contributed by atoms with van der Waals surface area (Å²) in [4.78, 5) is 6.55. The number of aliphatic imine (C=N–C) groups is 1. The molecule has 1 rings (SSSR count). The van der Waals surface area contributed by atoms with Crippen LogP contribution < -0.4 is 10.6 Å². The number of benzene rings is 1. The van der Waals surface area contributed by atoms with Gasteiger partial charge in [-0.1, -0.05) is 24.3 Å². The van der Waals surface area contributed by atoms with Gasteiger partial charge in [0.1, 0.15) is 0 Å². The van der Waals surface area contributed by atoms with Crippen LogP contribution in [0.5, 0.6) is 0 Å². The second-order valence-electron chi connectivity index (χ2n) is 5.76. The molecule has 0 bridgehead atoms. The largest absolute Gasteiger partial charge is 0.385 e. The quantitative estimate of drug-likeness (QED) is 0.227. The number of rotatable bonds is 11. The molecule has 2 N–H and O–H groups in total. The molecule has 0 atom stereocenters. The van der Waals surface area contributed by atoms with E-state index in [-0.39, 0.29) is 24.0 Å². The van der Waals surface area contributed by atoms with Crippen molar-refractivity contribution in [1.29, 1.82) is 0 Å². The number of nitrogens with one attached hydrogen (secondary N) is 2. The molecule has 7 heteroatoms. The van der Waals surface area contributed by atoms with Gasteiger partial charge in [-0.3, -0.25) is 4.99 Å². The fraction of sp³-hybridized carbons (Fsp3) is 0.611. The molecule has 1 aromatic rings. The van der Waals surface area contributed by atoms with E-state index in [1.807, 2.05) is 0 Å². The summed E-state index contributed by atoms with van der Waals surface area (Å²) in [6, 6.07) is 8.37. The Balaban J connectivity index is 0.00000576. The van der Waals surface area contributed by atoms with Crippen molar-refractivity contribution in [3.05, 3.63) is 35.4 Å². The number of methoxy groups -OCH3 is 2. The molecule has 25 heavy (non-hydrogen) atoms. The Labute approximate surface area is 169 Å². The van der Waals surface area contributed by atoms with Gasteiger partial charge in [-0.2, -0.15) is 0 Å². The number of guanidine groups is 1. The SMILES string of the molecule is CN=C(NCCN(C)CCCOC)NCc1cccc(COC)c1.I. The van der Waals surface area contributed by atoms with Gasteiger partial charge >= 0.3 is 0 Å². The topological polar surface area (TPSA) is 58.1 Å². The lowest BCUT2D eigenvalue weighted by Crippen LogP contribution is -2.40. The van der Waals surface area contributed by atoms with E-state index < -0.39 is 0 Å². The van der Waals surface area contributed by atoms with E-state index in [0.717, 1.165) is 45.2 Å². The second kappa shape index (κ2) is 15.4. The monoisotopic (exact) mass is 464 g/mol. The van der Waals surface area contributed by atoms with Crippen molar-refractivity contribution in [2.24, 2.45) is 4.99 Å². The zero-order valence-corrected chi connectivity index (χ0v) is 18.2. The van der Waals surface area contributed by atoms with Crippen LogP contribution in [0.2, 0.25) is 0 Å². The van der Waals surface area contributed by atoms with Crippen molar-refractivity contribution in [2.45, 2.75) is 19.6 Å². The molecule has 0 amide bonds. The minimum absolute atomic E-state index is 0. The van der Waals surface area contributed by atoms with Gasteiger partial charge in [-0.25, -0.2) is 0 Å². The summed E-state index contributed by atoms with van der Waals surface area (Å²) < 4.78 is 10.2. The van der Waals surface area contributed by atoms with Gasteiger partial charge in [-0.05, 0) is 24.6 Å². The summed E-state index contributed by atoms with van der Waals surface area (Å²) in [5, 5.41) is 6.68. The van der Waals surface area contributed by atoms with E-state index in [1.54, 1.807) is 21.3 Å². The Bertz CT molecular complexity index is 486. The Kier molecular flexibility index (Phi) is 14.8. The maximum Gasteiger partial charge on any atom is 0.191 e. The molecule has 6 nitrogen and oxygen atoms in total. The molecular weight excluding hydrogens is 431 g/mol. The predicted octanol–water partition coefficient (Wildman–Crippen LogP) is 2.08. The zero-order valence-electron chi connectivity index (χ0n) is 15.9. The molecule has 0 saturated heterocycles. The van der Waals surface area contributed by atoms with Gasteiger partial charge in [0.25, 0.3) is 0 Å². The standard InChI is InChI=1S/C18H32N4O2.HI/c1-19-18(20-9-11-22(2)10-6-12-23-3)21-14-16-7-5-8-17(13-16)15-24-4;/h5,7-8,13H,6,9-12,14-15H2,1-4H3,(H2,19,20,21);1H. The lowest BCUT2D eigenvalue weighted by Gasteiger charge is -2.18. The van der Waals surface area contributed by atoms with Crippen molar-refractivity contribution in [3.63, 3.8) is 0 Å². The van der Waals surface area contributed by atoms with Gasteiger partial charge in [0.05, 0.1) is 6.61 Å². The van der Waals surface area contributed by atoms with Crippen LogP contribution in [0, 0.1) is 0 Å². The highest BCUT2D eigenvalue weighted by molar-refractivity contribution is 14.0. The van der Waals surface area contributed by atoms with E-state index in [4.69, 9.17) is 9.47 Å². The van der Waals surface area contributed by atoms with Crippen LogP contribution >= 0.6 is 24.0 Å². The van der Waals surface area contributed by atoms with Gasteiger partial charge in [0.2, 0.25) is 0 Å². The van der Waals surface area contributed by atoms with Crippen LogP contribution in [-0.2, 0) is 22.6 Å². The van der Waals surface area contributed by atoms with Gasteiger partial charge in [0, 0.05) is 54.1 Å². The van der Waals surface area contributed by atoms with Gasteiger partial charge in [0.15, 0.2) is 5.96 Å². The first kappa shape index (κ1) is 24.1. The molecule has 144 valence electrons. The number of hydrogen-bond donors (Lipinski definition) is 2. The number of halogens is 1. The number of hydrogen-bond acceptors (Lipinski definition) is 4. The molecule has 0 aliphatic rings. The Morgan fingerprint density at radius 1 is 1.12 bits per heavy atom. The van der Waals surface area contributed by atoms with Crippen LogP contribution in [0.3, 0.4) is 0 Å². The minimum Gasteiger partial charge on any atom is -0.385 e. The molecule has 0 unspecified atom stereocenters. The summed E-state index contributed by atoms with van der Waals surface area (Å²) in [6.07, 6.45) is 1.05. The van der Waals surface area contributed by atoms with Crippen molar-refractivity contribution in [2.75, 3.05) is 54.6 Å². The third-order valence-corrected chi connectivity index (χ3v) is 3.66. The summed E-state index contributed by atoms with van der Waals surface area (Å²) >= 11 is 0. The normalized spacial score (nSPS) is 11.3. The summed E-state index contributed by atoms with van der Waals surface area (Å²) in [5.74, 6) is 0.817. The number of nitrogens with zero attached hydrogens (tertiary/aromatic N) is 2. The lowest BCUT2D eigenvalue weighted by atomic mass is 10.1. The summed E-state index contributed by atoms with van der Waals surface area (Å²) in [7, 11) is 7.36. The van der Waals surface area contributed by atoms with Crippen LogP contribution in [-0.4, -0.2) is 65.4 Å². The highest BCUT2D eigenvalue weighted by Gasteiger charge is 2.01. The molecule has 0 radical (unpaired) electrons. The Morgan fingerprint density at radius 2 is 1.88 bits per heavy atom. The first-order chi connectivity index (χ1) is 11.7. The van der Waals surface area contributed by atoms with E-state index in [0.29, 0.717) is 6.61 Å². The van der Waals surface area contributed by atoms with Crippen molar-refractivity contribution in [1.82, 2.24) is 15.5 Å². The molecule has 0 aliphatic heterocycles. The molecule has 0 heterocycles. The van der Waals surface area contributed by atoms with Gasteiger partial charge < -0.3 is 25.0 Å². The fourth-order valence-electron chi connectivity index (χ4n) is 2.36. The van der Waals surface area contributed by atoms with Gasteiger partial charge in [-0.15, -0.1) is 24.0 Å². The van der Waals surface area contributed by atoms with E-state index in [9.17, 15) is 0 Å². The second-order valence-corrected chi connectivity index (χ2v) is 5.76. The smallest absolute Gasteiger partial charge is 0.191 e. The van der Waals surface area contributed by atoms with E-state index >= 15 is 0 Å². The number of ether oxygens (including phenoxy) is 2. The lowest BCUT2D eigenvalue weighted by molar-refractivity contribution is 0.180. The van der Waals surface area contributed by atoms with Crippen molar-refractivity contribution in [3.8, 4) is 0 Å². The maximum absolute atomic E-state index is 5.17. The molecule has 0 saturated carbocycles. The van der Waals surface area contributed by atoms with Crippen LogP contribution in [0.4, 0.5) is 0 Å². The van der Waals surface area contributed by atoms with Crippen LogP contribution in [0.25, 0.3) is 0 Å². The molecule has 0 fully saturated rings. The van der Waals surface area contributed by atoms with Crippen molar-refractivity contribution < 1.29 is 9.47 Å². The third kappa shape index (κ3) is 11.4. The van der Waals surface area contributed by atoms with Crippen molar-refractivity contribution >= 4 is 29.9 Å². The number of likely N-dealkylation sites (N-methyl/N-ethyl adjacent to an activating group) is 1. The molecule has 0 aliphatic carbocycles. The van der Waals surface area contributed by atoms with Crippen LogP contribution in [0.1, 0.15) is 17.5 Å². The molecule has 1 aromatic carbocycles. The highest BCUT2D eigenvalue weighted by Crippen LogP contribution is 2.06. The minimum atomic E-state index is 0. The average molecular weight is 464 g/mol. The zero-order chi connectivity index (χ0) is 17.6.